The lowest BCUT2D eigenvalue weighted by Gasteiger charge is -2.27. The number of nitrogens with zero attached hydrogens (tertiary/aromatic N) is 3. The number of halogens is 1. The highest BCUT2D eigenvalue weighted by atomic mass is 79.9. The van der Waals surface area contributed by atoms with E-state index in [2.05, 4.69) is 20.9 Å². The zero-order valence-electron chi connectivity index (χ0n) is 17.2. The number of anilines is 1. The van der Waals surface area contributed by atoms with Crippen LogP contribution in [0.1, 0.15) is 13.8 Å². The molecule has 8 heteroatoms. The Morgan fingerprint density at radius 1 is 1.23 bits per heavy atom. The molecule has 158 valence electrons. The third-order valence-electron chi connectivity index (χ3n) is 4.54. The molecule has 3 aromatic rings. The van der Waals surface area contributed by atoms with Crippen LogP contribution in [0.4, 0.5) is 5.69 Å². The molecule has 1 heterocycles. The number of fused-ring (bicyclic) bond motifs is 1. The maximum Gasteiger partial charge on any atom is 0.262 e. The third-order valence-corrected chi connectivity index (χ3v) is 6.00. The number of hydrogen-bond acceptors (Lipinski definition) is 5. The number of amides is 1. The highest BCUT2D eigenvalue weighted by Crippen LogP contribution is 2.23. The molecule has 0 aliphatic carbocycles. The van der Waals surface area contributed by atoms with Gasteiger partial charge in [-0.2, -0.15) is 0 Å². The van der Waals surface area contributed by atoms with Crippen LogP contribution in [0.25, 0.3) is 10.9 Å². The molecule has 0 radical (unpaired) electrons. The number of rotatable bonds is 8. The fourth-order valence-electron chi connectivity index (χ4n) is 3.18. The van der Waals surface area contributed by atoms with Crippen LogP contribution in [0.2, 0.25) is 0 Å². The molecule has 0 bridgehead atoms. The number of aromatic nitrogens is 2. The van der Waals surface area contributed by atoms with E-state index in [4.69, 9.17) is 4.74 Å². The molecule has 0 unspecified atom stereocenters. The molecular weight excluding hydrogens is 466 g/mol. The third kappa shape index (κ3) is 5.11. The first-order valence-electron chi connectivity index (χ1n) is 9.61. The Kier molecular flexibility index (Phi) is 7.69. The van der Waals surface area contributed by atoms with Crippen LogP contribution in [0, 0.1) is 0 Å². The van der Waals surface area contributed by atoms with Crippen molar-refractivity contribution in [3.05, 3.63) is 63.4 Å². The van der Waals surface area contributed by atoms with Gasteiger partial charge >= 0.3 is 0 Å². The minimum atomic E-state index is -0.142. The lowest BCUT2D eigenvalue weighted by Crippen LogP contribution is -2.38. The van der Waals surface area contributed by atoms with E-state index in [-0.39, 0.29) is 23.3 Å². The van der Waals surface area contributed by atoms with E-state index in [1.165, 1.54) is 11.8 Å². The molecule has 0 aliphatic heterocycles. The maximum absolute atomic E-state index is 13.1. The van der Waals surface area contributed by atoms with Crippen molar-refractivity contribution in [2.24, 2.45) is 0 Å². The summed E-state index contributed by atoms with van der Waals surface area (Å²) in [5, 5.41) is 1.04. The van der Waals surface area contributed by atoms with Gasteiger partial charge in [0.2, 0.25) is 5.91 Å². The van der Waals surface area contributed by atoms with Crippen molar-refractivity contribution in [1.29, 1.82) is 0 Å². The fourth-order valence-corrected chi connectivity index (χ4v) is 4.42. The lowest BCUT2D eigenvalue weighted by atomic mass is 10.2. The van der Waals surface area contributed by atoms with Crippen molar-refractivity contribution < 1.29 is 9.53 Å². The van der Waals surface area contributed by atoms with Crippen molar-refractivity contribution in [1.82, 2.24) is 9.55 Å². The lowest BCUT2D eigenvalue weighted by molar-refractivity contribution is -0.116. The molecule has 0 saturated heterocycles. The van der Waals surface area contributed by atoms with E-state index in [0.29, 0.717) is 29.2 Å². The molecule has 0 spiro atoms. The average molecular weight is 490 g/mol. The summed E-state index contributed by atoms with van der Waals surface area (Å²) in [4.78, 5) is 32.5. The van der Waals surface area contributed by atoms with Gasteiger partial charge in [-0.15, -0.1) is 0 Å². The number of benzene rings is 2. The van der Waals surface area contributed by atoms with Crippen LogP contribution in [-0.4, -0.2) is 41.0 Å². The molecule has 1 amide bonds. The van der Waals surface area contributed by atoms with Crippen LogP contribution in [0.15, 0.2) is 63.0 Å². The summed E-state index contributed by atoms with van der Waals surface area (Å²) in [5.41, 5.74) is 1.32. The van der Waals surface area contributed by atoms with E-state index < -0.39 is 0 Å². The van der Waals surface area contributed by atoms with Gasteiger partial charge in [0.25, 0.3) is 5.56 Å². The fraction of sp³-hybridized carbons (Fsp3) is 0.318. The van der Waals surface area contributed by atoms with Gasteiger partial charge in [-0.3, -0.25) is 14.2 Å². The summed E-state index contributed by atoms with van der Waals surface area (Å²) >= 11 is 4.68. The second-order valence-corrected chi connectivity index (χ2v) is 8.85. The summed E-state index contributed by atoms with van der Waals surface area (Å²) in [6, 6.07) is 15.0. The number of para-hydroxylation sites is 1. The van der Waals surface area contributed by atoms with Gasteiger partial charge < -0.3 is 9.64 Å². The molecule has 0 saturated carbocycles. The topological polar surface area (TPSA) is 64.4 Å². The summed E-state index contributed by atoms with van der Waals surface area (Å²) in [6.07, 6.45) is 0. The van der Waals surface area contributed by atoms with Crippen molar-refractivity contribution in [2.75, 3.05) is 24.4 Å². The molecule has 30 heavy (non-hydrogen) atoms. The Bertz CT molecular complexity index is 1090. The number of ether oxygens (including phenoxy) is 1. The predicted molar refractivity (Wildman–Crippen MR) is 125 cm³/mol. The first kappa shape index (κ1) is 22.5. The quantitative estimate of drug-likeness (QED) is 0.347. The molecule has 0 aliphatic rings. The number of methoxy groups -OCH3 is 1. The molecule has 6 nitrogen and oxygen atoms in total. The van der Waals surface area contributed by atoms with Gasteiger partial charge in [0.05, 0.1) is 29.8 Å². The summed E-state index contributed by atoms with van der Waals surface area (Å²) in [7, 11) is 1.59. The molecule has 3 rings (SSSR count). The van der Waals surface area contributed by atoms with Crippen molar-refractivity contribution >= 4 is 50.2 Å². The highest BCUT2D eigenvalue weighted by Gasteiger charge is 2.20. The van der Waals surface area contributed by atoms with Crippen molar-refractivity contribution in [2.45, 2.75) is 31.6 Å². The predicted octanol–water partition coefficient (Wildman–Crippen LogP) is 4.34. The van der Waals surface area contributed by atoms with E-state index in [1.54, 1.807) is 28.7 Å². The molecular formula is C22H24BrN3O3S. The van der Waals surface area contributed by atoms with Crippen LogP contribution < -0.4 is 10.5 Å². The Hall–Kier alpha value is -2.16. The zero-order valence-corrected chi connectivity index (χ0v) is 19.6. The normalized spacial score (nSPS) is 11.2. The Labute approximate surface area is 188 Å². The van der Waals surface area contributed by atoms with Gasteiger partial charge in [0.1, 0.15) is 0 Å². The second kappa shape index (κ2) is 10.2. The first-order chi connectivity index (χ1) is 14.4. The Balaban J connectivity index is 1.91. The number of hydrogen-bond donors (Lipinski definition) is 0. The number of thioether (sulfide) groups is 1. The van der Waals surface area contributed by atoms with Gasteiger partial charge in [0, 0.05) is 23.3 Å². The van der Waals surface area contributed by atoms with Gasteiger partial charge in [0.15, 0.2) is 5.16 Å². The largest absolute Gasteiger partial charge is 0.383 e. The van der Waals surface area contributed by atoms with Crippen LogP contribution in [0.5, 0.6) is 0 Å². The first-order valence-corrected chi connectivity index (χ1v) is 11.4. The summed E-state index contributed by atoms with van der Waals surface area (Å²) in [5.74, 6) is 0.138. The Morgan fingerprint density at radius 3 is 2.63 bits per heavy atom. The van der Waals surface area contributed by atoms with Gasteiger partial charge in [-0.05, 0) is 44.2 Å². The SMILES string of the molecule is COCCn1c(SCC(=O)N(c2ccccc2)C(C)C)nc2ccc(Br)cc2c1=O. The van der Waals surface area contributed by atoms with E-state index in [9.17, 15) is 9.59 Å². The van der Waals surface area contributed by atoms with E-state index in [0.717, 1.165) is 10.2 Å². The van der Waals surface area contributed by atoms with Crippen LogP contribution >= 0.6 is 27.7 Å². The average Bonchev–Trinajstić information content (AvgIpc) is 2.73. The summed E-state index contributed by atoms with van der Waals surface area (Å²) < 4.78 is 7.56. The number of carbonyl (C=O) groups is 1. The van der Waals surface area contributed by atoms with Crippen LogP contribution in [-0.2, 0) is 16.1 Å². The van der Waals surface area contributed by atoms with Crippen molar-refractivity contribution in [3.8, 4) is 0 Å². The Morgan fingerprint density at radius 2 is 1.97 bits per heavy atom. The van der Waals surface area contributed by atoms with E-state index in [1.807, 2.05) is 50.2 Å². The van der Waals surface area contributed by atoms with E-state index >= 15 is 0 Å². The molecule has 0 N–H and O–H groups in total. The zero-order chi connectivity index (χ0) is 21.7. The smallest absolute Gasteiger partial charge is 0.262 e. The summed E-state index contributed by atoms with van der Waals surface area (Å²) in [6.45, 7) is 4.71. The molecule has 2 aromatic carbocycles. The highest BCUT2D eigenvalue weighted by molar-refractivity contribution is 9.10. The maximum atomic E-state index is 13.1. The monoisotopic (exact) mass is 489 g/mol. The van der Waals surface area contributed by atoms with Crippen molar-refractivity contribution in [3.63, 3.8) is 0 Å². The molecule has 0 fully saturated rings. The van der Waals surface area contributed by atoms with Crippen LogP contribution in [0.3, 0.4) is 0 Å². The number of carbonyl (C=O) groups excluding carboxylic acids is 1. The minimum absolute atomic E-state index is 0.0121. The minimum Gasteiger partial charge on any atom is -0.383 e. The standard InChI is InChI=1S/C22H24BrN3O3S/c1-15(2)26(17-7-5-4-6-8-17)20(27)14-30-22-24-19-10-9-16(23)13-18(19)21(28)25(22)11-12-29-3/h4-10,13,15H,11-12,14H2,1-3H3. The van der Waals surface area contributed by atoms with Gasteiger partial charge in [-0.1, -0.05) is 45.9 Å². The molecule has 1 aromatic heterocycles. The van der Waals surface area contributed by atoms with Gasteiger partial charge in [-0.25, -0.2) is 4.98 Å². The second-order valence-electron chi connectivity index (χ2n) is 6.99. The molecule has 0 atom stereocenters.